The normalized spacial score (nSPS) is 12.9. The number of aryl methyl sites for hydroxylation is 1. The smallest absolute Gasteiger partial charge is 0.263 e. The van der Waals surface area contributed by atoms with E-state index in [9.17, 15) is 4.79 Å². The van der Waals surface area contributed by atoms with E-state index in [2.05, 4.69) is 10.3 Å². The van der Waals surface area contributed by atoms with Crippen molar-refractivity contribution in [3.63, 3.8) is 0 Å². The summed E-state index contributed by atoms with van der Waals surface area (Å²) in [6, 6.07) is 0.0145. The van der Waals surface area contributed by atoms with E-state index in [4.69, 9.17) is 11.6 Å². The van der Waals surface area contributed by atoms with Gasteiger partial charge in [0.1, 0.15) is 4.88 Å². The Hall–Kier alpha value is -0.610. The van der Waals surface area contributed by atoms with Crippen molar-refractivity contribution in [2.75, 3.05) is 5.88 Å². The second kappa shape index (κ2) is 5.47. The molecule has 0 saturated heterocycles. The molecular formula is C10H15ClN2OS. The van der Waals surface area contributed by atoms with Gasteiger partial charge < -0.3 is 5.32 Å². The predicted molar refractivity (Wildman–Crippen MR) is 63.7 cm³/mol. The minimum atomic E-state index is -0.0747. The van der Waals surface area contributed by atoms with Gasteiger partial charge in [0, 0.05) is 11.9 Å². The number of thiazole rings is 1. The fraction of sp³-hybridized carbons (Fsp3) is 0.600. The van der Waals surface area contributed by atoms with Crippen molar-refractivity contribution >= 4 is 28.8 Å². The van der Waals surface area contributed by atoms with Gasteiger partial charge in [0.25, 0.3) is 5.91 Å². The summed E-state index contributed by atoms with van der Waals surface area (Å²) >= 11 is 7.14. The number of nitrogens with zero attached hydrogens (tertiary/aromatic N) is 1. The minimum absolute atomic E-state index is 0.0145. The number of nitrogens with one attached hydrogen (secondary N) is 1. The number of hydrogen-bond donors (Lipinski definition) is 1. The fourth-order valence-corrected chi connectivity index (χ4v) is 2.28. The van der Waals surface area contributed by atoms with Crippen LogP contribution in [0.5, 0.6) is 0 Å². The van der Waals surface area contributed by atoms with Crippen molar-refractivity contribution < 1.29 is 4.79 Å². The number of carbonyl (C=O) groups is 1. The van der Waals surface area contributed by atoms with Crippen molar-refractivity contribution in [1.29, 1.82) is 0 Å². The lowest BCUT2D eigenvalue weighted by atomic mass is 10.1. The predicted octanol–water partition coefficient (Wildman–Crippen LogP) is 2.44. The van der Waals surface area contributed by atoms with E-state index in [-0.39, 0.29) is 11.9 Å². The molecule has 0 fully saturated rings. The van der Waals surface area contributed by atoms with Gasteiger partial charge in [0.05, 0.1) is 11.2 Å². The number of alkyl halides is 1. The van der Waals surface area contributed by atoms with Crippen molar-refractivity contribution in [1.82, 2.24) is 10.3 Å². The van der Waals surface area contributed by atoms with Crippen LogP contribution in [0.1, 0.15) is 29.2 Å². The first-order valence-corrected chi connectivity index (χ1v) is 6.24. The van der Waals surface area contributed by atoms with Crippen LogP contribution in [-0.4, -0.2) is 22.8 Å². The molecular weight excluding hydrogens is 232 g/mol. The molecule has 0 bridgehead atoms. The van der Waals surface area contributed by atoms with Crippen molar-refractivity contribution in [3.05, 3.63) is 16.1 Å². The summed E-state index contributed by atoms with van der Waals surface area (Å²) in [5.74, 6) is 0.690. The first-order chi connectivity index (χ1) is 7.06. The highest BCUT2D eigenvalue weighted by atomic mass is 35.5. The summed E-state index contributed by atoms with van der Waals surface area (Å²) in [7, 11) is 0. The Labute approximate surface area is 98.9 Å². The zero-order chi connectivity index (χ0) is 11.4. The Morgan fingerprint density at radius 2 is 2.33 bits per heavy atom. The van der Waals surface area contributed by atoms with Gasteiger partial charge in [-0.15, -0.1) is 22.9 Å². The zero-order valence-corrected chi connectivity index (χ0v) is 10.7. The molecule has 1 rings (SSSR count). The van der Waals surface area contributed by atoms with Gasteiger partial charge in [-0.05, 0) is 12.8 Å². The summed E-state index contributed by atoms with van der Waals surface area (Å²) in [6.45, 7) is 5.90. The molecule has 0 spiro atoms. The number of halogens is 1. The van der Waals surface area contributed by atoms with E-state index in [1.54, 1.807) is 5.51 Å². The van der Waals surface area contributed by atoms with E-state index in [0.29, 0.717) is 16.7 Å². The van der Waals surface area contributed by atoms with Crippen molar-refractivity contribution in [2.45, 2.75) is 26.8 Å². The van der Waals surface area contributed by atoms with Crippen LogP contribution in [0, 0.1) is 12.8 Å². The molecule has 1 aromatic rings. The standard InChI is InChI=1S/C10H15ClN2OS/c1-6(2)8(4-11)13-10(14)9-7(3)12-5-15-9/h5-6,8H,4H2,1-3H3,(H,13,14). The molecule has 1 aromatic heterocycles. The molecule has 3 nitrogen and oxygen atoms in total. The topological polar surface area (TPSA) is 42.0 Å². The second-order valence-corrected chi connectivity index (χ2v) is 4.91. The number of hydrogen-bond acceptors (Lipinski definition) is 3. The van der Waals surface area contributed by atoms with E-state index >= 15 is 0 Å². The molecule has 1 atom stereocenters. The highest BCUT2D eigenvalue weighted by molar-refractivity contribution is 7.11. The molecule has 0 saturated carbocycles. The molecule has 1 amide bonds. The van der Waals surface area contributed by atoms with E-state index in [1.165, 1.54) is 11.3 Å². The van der Waals surface area contributed by atoms with Crippen LogP contribution in [0.4, 0.5) is 0 Å². The Kier molecular flexibility index (Phi) is 4.54. The summed E-state index contributed by atoms with van der Waals surface area (Å²) < 4.78 is 0. The van der Waals surface area contributed by atoms with Crippen molar-refractivity contribution in [3.8, 4) is 0 Å². The monoisotopic (exact) mass is 246 g/mol. The fourth-order valence-electron chi connectivity index (χ4n) is 1.14. The lowest BCUT2D eigenvalue weighted by Gasteiger charge is -2.19. The third-order valence-corrected chi connectivity index (χ3v) is 3.50. The average Bonchev–Trinajstić information content (AvgIpc) is 2.60. The van der Waals surface area contributed by atoms with E-state index < -0.39 is 0 Å². The minimum Gasteiger partial charge on any atom is -0.347 e. The molecule has 1 unspecified atom stereocenters. The molecule has 0 radical (unpaired) electrons. The highest BCUT2D eigenvalue weighted by Gasteiger charge is 2.18. The first-order valence-electron chi connectivity index (χ1n) is 4.83. The van der Waals surface area contributed by atoms with Crippen LogP contribution in [0.3, 0.4) is 0 Å². The van der Waals surface area contributed by atoms with Crippen LogP contribution >= 0.6 is 22.9 Å². The molecule has 84 valence electrons. The summed E-state index contributed by atoms with van der Waals surface area (Å²) in [6.07, 6.45) is 0. The second-order valence-electron chi connectivity index (χ2n) is 3.75. The Bertz CT molecular complexity index is 338. The Morgan fingerprint density at radius 1 is 1.67 bits per heavy atom. The maximum atomic E-state index is 11.8. The molecule has 0 aliphatic heterocycles. The third kappa shape index (κ3) is 3.18. The quantitative estimate of drug-likeness (QED) is 0.830. The zero-order valence-electron chi connectivity index (χ0n) is 9.08. The first kappa shape index (κ1) is 12.5. The summed E-state index contributed by atoms with van der Waals surface area (Å²) in [4.78, 5) is 16.5. The maximum absolute atomic E-state index is 11.8. The van der Waals surface area contributed by atoms with E-state index in [0.717, 1.165) is 5.69 Å². The molecule has 1 heterocycles. The number of carbonyl (C=O) groups excluding carboxylic acids is 1. The van der Waals surface area contributed by atoms with Crippen LogP contribution < -0.4 is 5.32 Å². The lowest BCUT2D eigenvalue weighted by molar-refractivity contribution is 0.0934. The summed E-state index contributed by atoms with van der Waals surface area (Å²) in [5.41, 5.74) is 2.45. The maximum Gasteiger partial charge on any atom is 0.263 e. The summed E-state index contributed by atoms with van der Waals surface area (Å²) in [5, 5.41) is 2.91. The van der Waals surface area contributed by atoms with Gasteiger partial charge in [-0.1, -0.05) is 13.8 Å². The third-order valence-electron chi connectivity index (χ3n) is 2.24. The van der Waals surface area contributed by atoms with Gasteiger partial charge in [0.2, 0.25) is 0 Å². The lowest BCUT2D eigenvalue weighted by Crippen LogP contribution is -2.39. The van der Waals surface area contributed by atoms with Crippen molar-refractivity contribution in [2.24, 2.45) is 5.92 Å². The Morgan fingerprint density at radius 3 is 2.73 bits per heavy atom. The number of rotatable bonds is 4. The van der Waals surface area contributed by atoms with E-state index in [1.807, 2.05) is 20.8 Å². The molecule has 0 aliphatic rings. The Balaban J connectivity index is 2.67. The molecule has 0 aliphatic carbocycles. The molecule has 5 heteroatoms. The SMILES string of the molecule is Cc1ncsc1C(=O)NC(CCl)C(C)C. The van der Waals surface area contributed by atoms with Gasteiger partial charge in [-0.2, -0.15) is 0 Å². The van der Waals surface area contributed by atoms with Crippen LogP contribution in [0.25, 0.3) is 0 Å². The van der Waals surface area contributed by atoms with Gasteiger partial charge >= 0.3 is 0 Å². The van der Waals surface area contributed by atoms with Gasteiger partial charge in [-0.3, -0.25) is 4.79 Å². The number of aromatic nitrogens is 1. The molecule has 0 aromatic carbocycles. The van der Waals surface area contributed by atoms with Gasteiger partial charge in [-0.25, -0.2) is 4.98 Å². The van der Waals surface area contributed by atoms with Crippen LogP contribution in [0.2, 0.25) is 0 Å². The van der Waals surface area contributed by atoms with Crippen LogP contribution in [-0.2, 0) is 0 Å². The largest absolute Gasteiger partial charge is 0.347 e. The molecule has 1 N–H and O–H groups in total. The average molecular weight is 247 g/mol. The van der Waals surface area contributed by atoms with Gasteiger partial charge in [0.15, 0.2) is 0 Å². The number of amides is 1. The van der Waals surface area contributed by atoms with Crippen LogP contribution in [0.15, 0.2) is 5.51 Å². The molecule has 15 heavy (non-hydrogen) atoms. The highest BCUT2D eigenvalue weighted by Crippen LogP contribution is 2.13.